The molecule has 4 nitrogen and oxygen atoms in total. The van der Waals surface area contributed by atoms with Gasteiger partial charge in [0, 0.05) is 56.8 Å². The van der Waals surface area contributed by atoms with E-state index in [1.165, 1.54) is 162 Å². The number of benzene rings is 22. The van der Waals surface area contributed by atoms with Crippen molar-refractivity contribution >= 4 is 173 Å². The molecule has 0 unspecified atom stereocenters. The van der Waals surface area contributed by atoms with Crippen molar-refractivity contribution in [3.8, 4) is 89.4 Å². The van der Waals surface area contributed by atoms with E-state index in [0.29, 0.717) is 0 Å². The topological polar surface area (TPSA) is 51.6 Å². The van der Waals surface area contributed by atoms with Gasteiger partial charge in [0.1, 0.15) is 0 Å². The maximum absolute atomic E-state index is 5.63. The fraction of sp³-hybridized carbons (Fsp3) is 0. The van der Waals surface area contributed by atoms with Crippen molar-refractivity contribution < 1.29 is 0 Å². The van der Waals surface area contributed by atoms with Crippen LogP contribution in [-0.4, -0.2) is 19.9 Å². The molecule has 0 N–H and O–H groups in total. The molecular formula is C120H72N4. The Morgan fingerprint density at radius 1 is 0.129 bits per heavy atom. The maximum Gasteiger partial charge on any atom is 0.0794 e. The van der Waals surface area contributed by atoms with Crippen LogP contribution in [0.2, 0.25) is 0 Å². The van der Waals surface area contributed by atoms with Crippen LogP contribution in [0.25, 0.3) is 262 Å². The standard InChI is InChI=1S/2C60H36N2/c1-3-17-46-42(13-1)44-15-5-7-19-48(44)56-32-39(27-29-51(46)56)54-34-58-55(38-25-23-37(24-26-38)41-12-11-31-61-36-41)35-59(62-60(58)53-22-10-9-21-50(53)54)40-28-30-52-47-18-4-2-14-43(47)45-16-6-8-20-49(45)57(52)33-40;1-3-17-45-41(13-1)43-15-5-7-19-47(43)55-33-39(28-30-50(45)55)53-35-57-54(37-24-26-38(27-25-37)58-23-11-12-32-61-58)36-59(62-60(57)52-22-10-9-21-49(52)53)40-29-31-51-46-18-4-2-14-42(46)44-16-6-8-20-48(44)56(51)34-40/h2*1-36H. The summed E-state index contributed by atoms with van der Waals surface area (Å²) in [5.41, 5.74) is 19.7. The first-order valence-corrected chi connectivity index (χ1v) is 42.6. The second-order valence-corrected chi connectivity index (χ2v) is 32.9. The first-order valence-electron chi connectivity index (χ1n) is 42.6. The zero-order valence-electron chi connectivity index (χ0n) is 67.4. The lowest BCUT2D eigenvalue weighted by atomic mass is 9.88. The van der Waals surface area contributed by atoms with Gasteiger partial charge in [0.05, 0.1) is 28.1 Å². The third kappa shape index (κ3) is 11.5. The van der Waals surface area contributed by atoms with Gasteiger partial charge in [-0.3, -0.25) is 9.97 Å². The van der Waals surface area contributed by atoms with Crippen LogP contribution in [0, 0.1) is 0 Å². The van der Waals surface area contributed by atoms with Crippen molar-refractivity contribution in [1.29, 1.82) is 0 Å². The average molecular weight is 1570 g/mol. The molecule has 4 heteroatoms. The van der Waals surface area contributed by atoms with Crippen molar-refractivity contribution in [2.45, 2.75) is 0 Å². The Kier molecular flexibility index (Phi) is 16.3. The second kappa shape index (κ2) is 28.7. The van der Waals surface area contributed by atoms with Crippen LogP contribution in [-0.2, 0) is 0 Å². The quantitative estimate of drug-likeness (QED) is 0.142. The molecule has 0 aliphatic rings. The van der Waals surface area contributed by atoms with E-state index in [-0.39, 0.29) is 0 Å². The molecule has 26 rings (SSSR count). The number of nitrogens with zero attached hydrogens (tertiary/aromatic N) is 4. The Morgan fingerprint density at radius 2 is 0.387 bits per heavy atom. The Hall–Kier alpha value is -16.4. The molecule has 0 radical (unpaired) electrons. The summed E-state index contributed by atoms with van der Waals surface area (Å²) in [5, 5.41) is 37.2. The van der Waals surface area contributed by atoms with Gasteiger partial charge < -0.3 is 0 Å². The molecule has 0 spiro atoms. The van der Waals surface area contributed by atoms with Crippen molar-refractivity contribution in [3.05, 3.63) is 437 Å². The van der Waals surface area contributed by atoms with Gasteiger partial charge in [-0.1, -0.05) is 352 Å². The first-order chi connectivity index (χ1) is 61.5. The molecule has 0 amide bonds. The van der Waals surface area contributed by atoms with E-state index in [9.17, 15) is 0 Å². The minimum Gasteiger partial charge on any atom is -0.264 e. The van der Waals surface area contributed by atoms with E-state index in [1.54, 1.807) is 0 Å². The van der Waals surface area contributed by atoms with Gasteiger partial charge >= 0.3 is 0 Å². The van der Waals surface area contributed by atoms with Gasteiger partial charge in [0.2, 0.25) is 0 Å². The normalized spacial score (nSPS) is 11.9. The van der Waals surface area contributed by atoms with E-state index in [4.69, 9.17) is 9.97 Å². The molecule has 0 saturated heterocycles. The number of rotatable bonds is 8. The van der Waals surface area contributed by atoms with E-state index >= 15 is 0 Å². The number of pyridine rings is 4. The van der Waals surface area contributed by atoms with Gasteiger partial charge in [0.15, 0.2) is 0 Å². The predicted octanol–water partition coefficient (Wildman–Crippen LogP) is 32.7. The predicted molar refractivity (Wildman–Crippen MR) is 528 cm³/mol. The lowest BCUT2D eigenvalue weighted by molar-refractivity contribution is 1.33. The highest BCUT2D eigenvalue weighted by Crippen LogP contribution is 2.49. The van der Waals surface area contributed by atoms with Crippen LogP contribution in [0.5, 0.6) is 0 Å². The van der Waals surface area contributed by atoms with Crippen LogP contribution in [0.15, 0.2) is 437 Å². The Bertz CT molecular complexity index is 8310. The van der Waals surface area contributed by atoms with Crippen LogP contribution in [0.3, 0.4) is 0 Å². The molecule has 4 aromatic heterocycles. The first kappa shape index (κ1) is 70.6. The molecule has 22 aromatic carbocycles. The summed E-state index contributed by atoms with van der Waals surface area (Å²) in [6, 6.07) is 153. The smallest absolute Gasteiger partial charge is 0.0794 e. The minimum absolute atomic E-state index is 0.947. The Morgan fingerprint density at radius 3 is 0.702 bits per heavy atom. The summed E-state index contributed by atoms with van der Waals surface area (Å²) in [4.78, 5) is 20.3. The molecule has 124 heavy (non-hydrogen) atoms. The monoisotopic (exact) mass is 1570 g/mol. The fourth-order valence-electron chi connectivity index (χ4n) is 20.4. The summed E-state index contributed by atoms with van der Waals surface area (Å²) in [6.07, 6.45) is 5.60. The van der Waals surface area contributed by atoms with E-state index in [2.05, 4.69) is 410 Å². The van der Waals surface area contributed by atoms with Gasteiger partial charge in [-0.15, -0.1) is 0 Å². The lowest BCUT2D eigenvalue weighted by Crippen LogP contribution is -1.94. The van der Waals surface area contributed by atoms with Crippen LogP contribution < -0.4 is 0 Å². The van der Waals surface area contributed by atoms with Gasteiger partial charge in [0.25, 0.3) is 0 Å². The largest absolute Gasteiger partial charge is 0.264 e. The van der Waals surface area contributed by atoms with Crippen LogP contribution in [0.1, 0.15) is 0 Å². The second-order valence-electron chi connectivity index (χ2n) is 32.9. The third-order valence-corrected chi connectivity index (χ3v) is 26.2. The van der Waals surface area contributed by atoms with Crippen molar-refractivity contribution in [3.63, 3.8) is 0 Å². The summed E-state index contributed by atoms with van der Waals surface area (Å²) < 4.78 is 0. The molecule has 0 fully saturated rings. The summed E-state index contributed by atoms with van der Waals surface area (Å²) in [7, 11) is 0. The number of fused-ring (bicyclic) bond motifs is 30. The van der Waals surface area contributed by atoms with Gasteiger partial charge in [-0.2, -0.15) is 0 Å². The summed E-state index contributed by atoms with van der Waals surface area (Å²) in [6.45, 7) is 0. The van der Waals surface area contributed by atoms with E-state index in [1.807, 2.05) is 36.8 Å². The Balaban J connectivity index is 0.000000136. The molecule has 26 aromatic rings. The zero-order chi connectivity index (χ0) is 81.5. The van der Waals surface area contributed by atoms with E-state index in [0.717, 1.165) is 99.7 Å². The molecular weight excluding hydrogens is 1500 g/mol. The van der Waals surface area contributed by atoms with Gasteiger partial charge in [-0.25, -0.2) is 9.97 Å². The van der Waals surface area contributed by atoms with Crippen LogP contribution >= 0.6 is 0 Å². The molecule has 0 saturated carbocycles. The number of aromatic nitrogens is 4. The highest BCUT2D eigenvalue weighted by molar-refractivity contribution is 6.31. The highest BCUT2D eigenvalue weighted by atomic mass is 14.7. The molecule has 0 atom stereocenters. The molecule has 0 bridgehead atoms. The average Bonchev–Trinajstić information content (AvgIpc) is 0.729. The maximum atomic E-state index is 5.63. The third-order valence-electron chi connectivity index (χ3n) is 26.2. The summed E-state index contributed by atoms with van der Waals surface area (Å²) in [5.74, 6) is 0. The SMILES string of the molecule is c1ccc(-c2ccc(-c3cc(-c4ccc5c6ccccc6c6ccccc6c5c4)nc4c3cc(-c3ccc5c6ccccc6c6ccccc6c5c3)c3ccccc34)cc2)nc1.c1cncc(-c2ccc(-c3cc(-c4ccc5c6ccccc6c6ccccc6c5c4)nc4c3cc(-c3ccc5c6ccccc6c6ccccc6c5c3)c3ccccc34)cc2)c1. The fourth-order valence-corrected chi connectivity index (χ4v) is 20.4. The van der Waals surface area contributed by atoms with E-state index < -0.39 is 0 Å². The van der Waals surface area contributed by atoms with Crippen molar-refractivity contribution in [2.75, 3.05) is 0 Å². The number of hydrogen-bond acceptors (Lipinski definition) is 4. The number of hydrogen-bond donors (Lipinski definition) is 0. The van der Waals surface area contributed by atoms with Gasteiger partial charge in [-0.05, 0) is 262 Å². The summed E-state index contributed by atoms with van der Waals surface area (Å²) >= 11 is 0. The molecule has 572 valence electrons. The lowest BCUT2D eigenvalue weighted by Gasteiger charge is -2.17. The Labute approximate surface area is 714 Å². The van der Waals surface area contributed by atoms with Crippen molar-refractivity contribution in [1.82, 2.24) is 19.9 Å². The van der Waals surface area contributed by atoms with Crippen LogP contribution in [0.4, 0.5) is 0 Å². The molecule has 0 aliphatic carbocycles. The minimum atomic E-state index is 0.947. The zero-order valence-corrected chi connectivity index (χ0v) is 67.4. The van der Waals surface area contributed by atoms with Crippen molar-refractivity contribution in [2.24, 2.45) is 0 Å². The molecule has 0 aliphatic heterocycles. The molecule has 4 heterocycles. The highest BCUT2D eigenvalue weighted by Gasteiger charge is 2.23.